The SMILES string of the molecule is Cc1[nH]c(-c2cccc(Cl)c2)nc1C(=O)NCCCO. The number of nitrogens with one attached hydrogen (secondary N) is 2. The second kappa shape index (κ2) is 6.54. The van der Waals surface area contributed by atoms with E-state index in [2.05, 4.69) is 15.3 Å². The quantitative estimate of drug-likeness (QED) is 0.739. The summed E-state index contributed by atoms with van der Waals surface area (Å²) in [6, 6.07) is 7.27. The van der Waals surface area contributed by atoms with Crippen molar-refractivity contribution < 1.29 is 9.90 Å². The van der Waals surface area contributed by atoms with Crippen LogP contribution < -0.4 is 5.32 Å². The van der Waals surface area contributed by atoms with Crippen molar-refractivity contribution in [2.45, 2.75) is 13.3 Å². The van der Waals surface area contributed by atoms with Crippen LogP contribution in [0.25, 0.3) is 11.4 Å². The summed E-state index contributed by atoms with van der Waals surface area (Å²) >= 11 is 5.94. The Balaban J connectivity index is 2.19. The molecule has 0 aliphatic heterocycles. The number of nitrogens with zero attached hydrogens (tertiary/aromatic N) is 1. The average molecular weight is 294 g/mol. The lowest BCUT2D eigenvalue weighted by atomic mass is 10.2. The zero-order valence-corrected chi connectivity index (χ0v) is 11.9. The highest BCUT2D eigenvalue weighted by Crippen LogP contribution is 2.21. The van der Waals surface area contributed by atoms with E-state index in [9.17, 15) is 4.79 Å². The minimum Gasteiger partial charge on any atom is -0.396 e. The van der Waals surface area contributed by atoms with Crippen molar-refractivity contribution in [2.24, 2.45) is 0 Å². The molecule has 0 saturated heterocycles. The molecule has 0 atom stereocenters. The molecular formula is C14H16ClN3O2. The summed E-state index contributed by atoms with van der Waals surface area (Å²) in [5.41, 5.74) is 1.88. The maximum absolute atomic E-state index is 12.0. The number of rotatable bonds is 5. The van der Waals surface area contributed by atoms with Crippen molar-refractivity contribution in [1.82, 2.24) is 15.3 Å². The molecule has 0 bridgehead atoms. The fourth-order valence-electron chi connectivity index (χ4n) is 1.82. The van der Waals surface area contributed by atoms with Gasteiger partial charge in [-0.2, -0.15) is 0 Å². The Bertz CT molecular complexity index is 610. The largest absolute Gasteiger partial charge is 0.396 e. The van der Waals surface area contributed by atoms with E-state index in [0.717, 1.165) is 5.56 Å². The highest BCUT2D eigenvalue weighted by atomic mass is 35.5. The Labute approximate surface area is 122 Å². The minimum atomic E-state index is -0.250. The summed E-state index contributed by atoms with van der Waals surface area (Å²) in [5.74, 6) is 0.359. The molecule has 0 saturated carbocycles. The second-order valence-corrected chi connectivity index (χ2v) is 4.84. The molecular weight excluding hydrogens is 278 g/mol. The molecule has 20 heavy (non-hydrogen) atoms. The Morgan fingerprint density at radius 3 is 3.00 bits per heavy atom. The van der Waals surface area contributed by atoms with Crippen LogP contribution in [0.3, 0.4) is 0 Å². The molecule has 1 heterocycles. The van der Waals surface area contributed by atoms with E-state index in [1.165, 1.54) is 0 Å². The van der Waals surface area contributed by atoms with E-state index in [0.29, 0.717) is 35.2 Å². The van der Waals surface area contributed by atoms with Crippen LogP contribution in [0.2, 0.25) is 5.02 Å². The van der Waals surface area contributed by atoms with Crippen molar-refractivity contribution in [3.05, 3.63) is 40.7 Å². The molecule has 0 aliphatic carbocycles. The first-order valence-electron chi connectivity index (χ1n) is 6.33. The third-order valence-corrected chi connectivity index (χ3v) is 3.05. The number of amides is 1. The number of aliphatic hydroxyl groups excluding tert-OH is 1. The van der Waals surface area contributed by atoms with Crippen molar-refractivity contribution in [3.63, 3.8) is 0 Å². The van der Waals surface area contributed by atoms with Gasteiger partial charge in [-0.05, 0) is 25.5 Å². The van der Waals surface area contributed by atoms with Gasteiger partial charge in [0.2, 0.25) is 0 Å². The van der Waals surface area contributed by atoms with Gasteiger partial charge in [-0.1, -0.05) is 23.7 Å². The minimum absolute atomic E-state index is 0.0492. The van der Waals surface area contributed by atoms with Crippen molar-refractivity contribution in [3.8, 4) is 11.4 Å². The first-order chi connectivity index (χ1) is 9.61. The number of aliphatic hydroxyl groups is 1. The van der Waals surface area contributed by atoms with Crippen LogP contribution in [0.1, 0.15) is 22.6 Å². The van der Waals surface area contributed by atoms with Gasteiger partial charge in [0, 0.05) is 29.4 Å². The first kappa shape index (κ1) is 14.6. The van der Waals surface area contributed by atoms with Crippen LogP contribution in [-0.4, -0.2) is 34.1 Å². The summed E-state index contributed by atoms with van der Waals surface area (Å²) in [5, 5.41) is 12.0. The summed E-state index contributed by atoms with van der Waals surface area (Å²) < 4.78 is 0. The molecule has 0 aliphatic rings. The zero-order chi connectivity index (χ0) is 14.5. The smallest absolute Gasteiger partial charge is 0.271 e. The Morgan fingerprint density at radius 2 is 2.30 bits per heavy atom. The van der Waals surface area contributed by atoms with Gasteiger partial charge in [-0.15, -0.1) is 0 Å². The Morgan fingerprint density at radius 1 is 1.50 bits per heavy atom. The van der Waals surface area contributed by atoms with E-state index in [4.69, 9.17) is 16.7 Å². The predicted molar refractivity (Wildman–Crippen MR) is 77.8 cm³/mol. The topological polar surface area (TPSA) is 78.0 Å². The number of H-pyrrole nitrogens is 1. The highest BCUT2D eigenvalue weighted by Gasteiger charge is 2.15. The van der Waals surface area contributed by atoms with Crippen LogP contribution in [0.15, 0.2) is 24.3 Å². The van der Waals surface area contributed by atoms with E-state index in [1.54, 1.807) is 19.1 Å². The van der Waals surface area contributed by atoms with Crippen LogP contribution >= 0.6 is 11.6 Å². The summed E-state index contributed by atoms with van der Waals surface area (Å²) in [4.78, 5) is 19.3. The van der Waals surface area contributed by atoms with Gasteiger partial charge >= 0.3 is 0 Å². The van der Waals surface area contributed by atoms with E-state index >= 15 is 0 Å². The number of aromatic nitrogens is 2. The normalized spacial score (nSPS) is 10.6. The molecule has 5 nitrogen and oxygen atoms in total. The van der Waals surface area contributed by atoms with Crippen molar-refractivity contribution >= 4 is 17.5 Å². The number of hydrogen-bond acceptors (Lipinski definition) is 3. The average Bonchev–Trinajstić information content (AvgIpc) is 2.81. The van der Waals surface area contributed by atoms with E-state index in [1.807, 2.05) is 12.1 Å². The maximum Gasteiger partial charge on any atom is 0.271 e. The highest BCUT2D eigenvalue weighted by molar-refractivity contribution is 6.30. The lowest BCUT2D eigenvalue weighted by Crippen LogP contribution is -2.26. The maximum atomic E-state index is 12.0. The number of aromatic amines is 1. The van der Waals surface area contributed by atoms with Crippen LogP contribution in [-0.2, 0) is 0 Å². The predicted octanol–water partition coefficient (Wildman–Crippen LogP) is 2.15. The molecule has 0 fully saturated rings. The summed E-state index contributed by atoms with van der Waals surface area (Å²) in [7, 11) is 0. The zero-order valence-electron chi connectivity index (χ0n) is 11.1. The first-order valence-corrected chi connectivity index (χ1v) is 6.71. The number of halogens is 1. The van der Waals surface area contributed by atoms with Gasteiger partial charge < -0.3 is 15.4 Å². The van der Waals surface area contributed by atoms with Gasteiger partial charge in [0.25, 0.3) is 5.91 Å². The van der Waals surface area contributed by atoms with Crippen LogP contribution in [0, 0.1) is 6.92 Å². The summed E-state index contributed by atoms with van der Waals surface area (Å²) in [6.45, 7) is 2.27. The van der Waals surface area contributed by atoms with E-state index < -0.39 is 0 Å². The standard InChI is InChI=1S/C14H16ClN3O2/c1-9-12(14(20)16-6-3-7-19)18-13(17-9)10-4-2-5-11(15)8-10/h2,4-5,8,19H,3,6-7H2,1H3,(H,16,20)(H,17,18). The van der Waals surface area contributed by atoms with Gasteiger partial charge in [0.15, 0.2) is 0 Å². The third kappa shape index (κ3) is 3.37. The molecule has 0 unspecified atom stereocenters. The lowest BCUT2D eigenvalue weighted by molar-refractivity contribution is 0.0946. The van der Waals surface area contributed by atoms with E-state index in [-0.39, 0.29) is 12.5 Å². The summed E-state index contributed by atoms with van der Waals surface area (Å²) in [6.07, 6.45) is 0.524. The Hall–Kier alpha value is -1.85. The van der Waals surface area contributed by atoms with Gasteiger partial charge in [0.1, 0.15) is 11.5 Å². The molecule has 1 aromatic carbocycles. The molecule has 0 spiro atoms. The Kier molecular flexibility index (Phi) is 4.76. The number of benzene rings is 1. The molecule has 1 aromatic heterocycles. The van der Waals surface area contributed by atoms with Crippen LogP contribution in [0.4, 0.5) is 0 Å². The number of aryl methyl sites for hydroxylation is 1. The fraction of sp³-hybridized carbons (Fsp3) is 0.286. The number of carbonyl (C=O) groups excluding carboxylic acids is 1. The monoisotopic (exact) mass is 293 g/mol. The molecule has 2 aromatic rings. The van der Waals surface area contributed by atoms with Gasteiger partial charge in [-0.25, -0.2) is 4.98 Å². The van der Waals surface area contributed by atoms with Gasteiger partial charge in [-0.3, -0.25) is 4.79 Å². The number of imidazole rings is 1. The number of hydrogen-bond donors (Lipinski definition) is 3. The molecule has 0 radical (unpaired) electrons. The molecule has 106 valence electrons. The van der Waals surface area contributed by atoms with Crippen molar-refractivity contribution in [2.75, 3.05) is 13.2 Å². The third-order valence-electron chi connectivity index (χ3n) is 2.82. The van der Waals surface area contributed by atoms with Crippen LogP contribution in [0.5, 0.6) is 0 Å². The lowest BCUT2D eigenvalue weighted by Gasteiger charge is -2.01. The van der Waals surface area contributed by atoms with Crippen molar-refractivity contribution in [1.29, 1.82) is 0 Å². The fourth-order valence-corrected chi connectivity index (χ4v) is 2.01. The molecule has 3 N–H and O–H groups in total. The molecule has 6 heteroatoms. The molecule has 1 amide bonds. The number of carbonyl (C=O) groups is 1. The van der Waals surface area contributed by atoms with Gasteiger partial charge in [0.05, 0.1) is 0 Å². The molecule has 2 rings (SSSR count). The second-order valence-electron chi connectivity index (χ2n) is 4.40.